The van der Waals surface area contributed by atoms with Crippen LogP contribution in [0.15, 0.2) is 41.8 Å². The highest BCUT2D eigenvalue weighted by Crippen LogP contribution is 2.12. The van der Waals surface area contributed by atoms with Crippen molar-refractivity contribution in [3.8, 4) is 0 Å². The average molecular weight is 182 g/mol. The summed E-state index contributed by atoms with van der Waals surface area (Å²) in [6, 6.07) is 7.06. The largest absolute Gasteiger partial charge is 0.302 e. The van der Waals surface area contributed by atoms with Crippen molar-refractivity contribution in [2.75, 3.05) is 0 Å². The molecule has 0 aliphatic rings. The van der Waals surface area contributed by atoms with Crippen LogP contribution in [0.3, 0.4) is 0 Å². The summed E-state index contributed by atoms with van der Waals surface area (Å²) in [6.45, 7) is 3.58. The van der Waals surface area contributed by atoms with Crippen molar-refractivity contribution in [3.05, 3.63) is 42.5 Å². The summed E-state index contributed by atoms with van der Waals surface area (Å²) in [5.74, 6) is 0. The number of allylic oxidation sites excluding steroid dienone is 1. The van der Waals surface area contributed by atoms with Gasteiger partial charge in [0.2, 0.25) is 0 Å². The topological polar surface area (TPSA) is 37.3 Å². The van der Waals surface area contributed by atoms with E-state index in [1.54, 1.807) is 18.2 Å². The maximum absolute atomic E-state index is 10.8. The Kier molecular flexibility index (Phi) is 3.19. The quantitative estimate of drug-likeness (QED) is 0.573. The molecule has 1 N–H and O–H groups in total. The zero-order valence-corrected chi connectivity index (χ0v) is 7.38. The molecule has 2 nitrogen and oxygen atoms in total. The average Bonchev–Trinajstić information content (AvgIpc) is 2.05. The Morgan fingerprint density at radius 1 is 1.50 bits per heavy atom. The van der Waals surface area contributed by atoms with Crippen molar-refractivity contribution in [2.24, 2.45) is 0 Å². The van der Waals surface area contributed by atoms with E-state index in [0.29, 0.717) is 11.3 Å². The fourth-order valence-corrected chi connectivity index (χ4v) is 1.57. The molecule has 1 unspecified atom stereocenters. The fraction of sp³-hybridized carbons (Fsp3) is 0.111. The Morgan fingerprint density at radius 2 is 2.17 bits per heavy atom. The second-order valence-corrected chi connectivity index (χ2v) is 3.29. The summed E-state index contributed by atoms with van der Waals surface area (Å²) in [6.07, 6.45) is 2.34. The van der Waals surface area contributed by atoms with Crippen LogP contribution in [0.25, 0.3) is 0 Å². The molecular formula is C9H10O2S. The van der Waals surface area contributed by atoms with Gasteiger partial charge in [0.05, 0.1) is 4.90 Å². The Labute approximate surface area is 74.2 Å². The third-order valence-electron chi connectivity index (χ3n) is 1.52. The Hall–Kier alpha value is -0.930. The predicted molar refractivity (Wildman–Crippen MR) is 49.4 cm³/mol. The Bertz CT molecular complexity index is 307. The lowest BCUT2D eigenvalue weighted by atomic mass is 10.1. The maximum Gasteiger partial charge on any atom is 0.186 e. The highest BCUT2D eigenvalue weighted by molar-refractivity contribution is 7.79. The monoisotopic (exact) mass is 182 g/mol. The minimum Gasteiger partial charge on any atom is -0.302 e. The molecule has 1 rings (SSSR count). The molecule has 1 aromatic carbocycles. The van der Waals surface area contributed by atoms with Crippen LogP contribution in [0, 0.1) is 0 Å². The smallest absolute Gasteiger partial charge is 0.186 e. The SMILES string of the molecule is C=CCc1ccccc1S(=O)O. The molecule has 0 saturated carbocycles. The van der Waals surface area contributed by atoms with Crippen LogP contribution in [0.1, 0.15) is 5.56 Å². The molecule has 1 aromatic rings. The lowest BCUT2D eigenvalue weighted by Gasteiger charge is -2.01. The Morgan fingerprint density at radius 3 is 2.75 bits per heavy atom. The highest BCUT2D eigenvalue weighted by atomic mass is 32.2. The van der Waals surface area contributed by atoms with Crippen molar-refractivity contribution in [2.45, 2.75) is 11.3 Å². The number of benzene rings is 1. The van der Waals surface area contributed by atoms with Gasteiger partial charge < -0.3 is 4.55 Å². The molecule has 0 heterocycles. The van der Waals surface area contributed by atoms with E-state index in [9.17, 15) is 4.21 Å². The van der Waals surface area contributed by atoms with Crippen LogP contribution in [0.4, 0.5) is 0 Å². The summed E-state index contributed by atoms with van der Waals surface area (Å²) < 4.78 is 19.6. The van der Waals surface area contributed by atoms with Crippen molar-refractivity contribution in [1.29, 1.82) is 0 Å². The molecule has 1 atom stereocenters. The van der Waals surface area contributed by atoms with Crippen LogP contribution in [0.5, 0.6) is 0 Å². The molecule has 0 fully saturated rings. The van der Waals surface area contributed by atoms with Gasteiger partial charge in [0.25, 0.3) is 0 Å². The molecular weight excluding hydrogens is 172 g/mol. The number of hydrogen-bond acceptors (Lipinski definition) is 1. The van der Waals surface area contributed by atoms with Crippen molar-refractivity contribution < 1.29 is 8.76 Å². The molecule has 12 heavy (non-hydrogen) atoms. The lowest BCUT2D eigenvalue weighted by molar-refractivity contribution is 0.563. The minimum atomic E-state index is -1.89. The lowest BCUT2D eigenvalue weighted by Crippen LogP contribution is -1.94. The van der Waals surface area contributed by atoms with E-state index >= 15 is 0 Å². The van der Waals surface area contributed by atoms with Crippen molar-refractivity contribution >= 4 is 11.1 Å². The van der Waals surface area contributed by atoms with Gasteiger partial charge in [-0.1, -0.05) is 24.3 Å². The first kappa shape index (κ1) is 9.16. The zero-order valence-electron chi connectivity index (χ0n) is 6.56. The van der Waals surface area contributed by atoms with Crippen molar-refractivity contribution in [1.82, 2.24) is 0 Å². The molecule has 0 bridgehead atoms. The number of rotatable bonds is 3. The molecule has 3 heteroatoms. The van der Waals surface area contributed by atoms with E-state index in [1.165, 1.54) is 0 Å². The van der Waals surface area contributed by atoms with E-state index in [4.69, 9.17) is 4.55 Å². The van der Waals surface area contributed by atoms with E-state index in [0.717, 1.165) is 5.56 Å². The first-order chi connectivity index (χ1) is 5.75. The predicted octanol–water partition coefficient (Wildman–Crippen LogP) is 2.00. The molecule has 0 aliphatic carbocycles. The van der Waals surface area contributed by atoms with Crippen LogP contribution in [-0.4, -0.2) is 8.76 Å². The van der Waals surface area contributed by atoms with Crippen molar-refractivity contribution in [3.63, 3.8) is 0 Å². The molecule has 0 amide bonds. The van der Waals surface area contributed by atoms with Gasteiger partial charge in [-0.05, 0) is 18.1 Å². The van der Waals surface area contributed by atoms with Gasteiger partial charge in [-0.2, -0.15) is 0 Å². The standard InChI is InChI=1S/C9H10O2S/c1-2-5-8-6-3-4-7-9(8)12(10)11/h2-4,6-7H,1,5H2,(H,10,11). The normalized spacial score (nSPS) is 12.4. The van der Waals surface area contributed by atoms with Crippen LogP contribution in [0.2, 0.25) is 0 Å². The van der Waals surface area contributed by atoms with Gasteiger partial charge in [-0.25, -0.2) is 4.21 Å². The minimum absolute atomic E-state index is 0.470. The molecule has 0 radical (unpaired) electrons. The van der Waals surface area contributed by atoms with Gasteiger partial charge in [-0.3, -0.25) is 0 Å². The molecule has 0 spiro atoms. The second kappa shape index (κ2) is 4.18. The zero-order chi connectivity index (χ0) is 8.97. The summed E-state index contributed by atoms with van der Waals surface area (Å²) >= 11 is -1.89. The maximum atomic E-state index is 10.8. The third kappa shape index (κ3) is 2.03. The van der Waals surface area contributed by atoms with Gasteiger partial charge in [-0.15, -0.1) is 6.58 Å². The van der Waals surface area contributed by atoms with Gasteiger partial charge >= 0.3 is 0 Å². The van der Waals surface area contributed by atoms with Crippen LogP contribution in [-0.2, 0) is 17.5 Å². The third-order valence-corrected chi connectivity index (χ3v) is 2.30. The molecule has 0 aromatic heterocycles. The van der Waals surface area contributed by atoms with E-state index in [1.807, 2.05) is 12.1 Å². The summed E-state index contributed by atoms with van der Waals surface area (Å²) in [5, 5.41) is 0. The van der Waals surface area contributed by atoms with Crippen LogP contribution >= 0.6 is 0 Å². The van der Waals surface area contributed by atoms with E-state index in [2.05, 4.69) is 6.58 Å². The molecule has 64 valence electrons. The summed E-state index contributed by atoms with van der Waals surface area (Å²) in [5.41, 5.74) is 0.855. The molecule has 0 aliphatic heterocycles. The van der Waals surface area contributed by atoms with Gasteiger partial charge in [0, 0.05) is 0 Å². The highest BCUT2D eigenvalue weighted by Gasteiger charge is 2.04. The summed E-state index contributed by atoms with van der Waals surface area (Å²) in [4.78, 5) is 0.470. The fourth-order valence-electron chi connectivity index (χ4n) is 0.998. The van der Waals surface area contributed by atoms with Gasteiger partial charge in [0.1, 0.15) is 0 Å². The summed E-state index contributed by atoms with van der Waals surface area (Å²) in [7, 11) is 0. The first-order valence-corrected chi connectivity index (χ1v) is 4.66. The Balaban J connectivity index is 3.07. The van der Waals surface area contributed by atoms with Gasteiger partial charge in [0.15, 0.2) is 11.1 Å². The first-order valence-electron chi connectivity index (χ1n) is 3.55. The molecule has 0 saturated heterocycles. The van der Waals surface area contributed by atoms with E-state index < -0.39 is 11.1 Å². The second-order valence-electron chi connectivity index (χ2n) is 2.35. The van der Waals surface area contributed by atoms with E-state index in [-0.39, 0.29) is 0 Å². The number of hydrogen-bond donors (Lipinski definition) is 1. The van der Waals surface area contributed by atoms with Crippen LogP contribution < -0.4 is 0 Å².